The van der Waals surface area contributed by atoms with Crippen LogP contribution in [0.5, 0.6) is 0 Å². The molecule has 2 fully saturated rings. The molecule has 0 radical (unpaired) electrons. The Bertz CT molecular complexity index is 846. The lowest BCUT2D eigenvalue weighted by Gasteiger charge is -2.39. The van der Waals surface area contributed by atoms with Crippen LogP contribution >= 0.6 is 0 Å². The minimum Gasteiger partial charge on any atom is -0.383 e. The number of carbonyl (C=O) groups excluding carboxylic acids is 2. The van der Waals surface area contributed by atoms with Crippen molar-refractivity contribution in [3.8, 4) is 0 Å². The average molecular weight is 369 g/mol. The minimum absolute atomic E-state index is 0.0926. The Hall–Kier alpha value is -2.34. The fourth-order valence-electron chi connectivity index (χ4n) is 4.56. The normalized spacial score (nSPS) is 22.9. The number of amides is 2. The number of hydrogen-bond donors (Lipinski definition) is 0. The van der Waals surface area contributed by atoms with Gasteiger partial charge in [0, 0.05) is 45.0 Å². The first kappa shape index (κ1) is 18.0. The number of benzene rings is 1. The number of para-hydroxylation sites is 1. The molecule has 1 aromatic heterocycles. The number of ether oxygens (including phenoxy) is 1. The van der Waals surface area contributed by atoms with Gasteiger partial charge in [0.25, 0.3) is 0 Å². The number of piperidine rings is 1. The van der Waals surface area contributed by atoms with Crippen LogP contribution in [0.15, 0.2) is 36.5 Å². The second kappa shape index (κ2) is 7.35. The summed E-state index contributed by atoms with van der Waals surface area (Å²) >= 11 is 0. The summed E-state index contributed by atoms with van der Waals surface area (Å²) in [5, 5.41) is 1.14. The van der Waals surface area contributed by atoms with Crippen molar-refractivity contribution in [1.82, 2.24) is 14.4 Å². The summed E-state index contributed by atoms with van der Waals surface area (Å²) in [4.78, 5) is 29.7. The first-order valence-corrected chi connectivity index (χ1v) is 9.73. The third-order valence-corrected chi connectivity index (χ3v) is 6.08. The highest BCUT2D eigenvalue weighted by molar-refractivity contribution is 5.87. The Morgan fingerprint density at radius 1 is 1.19 bits per heavy atom. The molecule has 0 N–H and O–H groups in total. The summed E-state index contributed by atoms with van der Waals surface area (Å²) in [5.74, 6) is 0.294. The quantitative estimate of drug-likeness (QED) is 0.811. The van der Waals surface area contributed by atoms with E-state index in [-0.39, 0.29) is 17.2 Å². The maximum atomic E-state index is 13.0. The molecule has 3 heterocycles. The number of carbonyl (C=O) groups is 2. The fourth-order valence-corrected chi connectivity index (χ4v) is 4.56. The van der Waals surface area contributed by atoms with Crippen LogP contribution in [0, 0.1) is 5.41 Å². The van der Waals surface area contributed by atoms with Crippen molar-refractivity contribution < 1.29 is 14.3 Å². The highest BCUT2D eigenvalue weighted by Gasteiger charge is 2.49. The molecular formula is C21H27N3O3. The topological polar surface area (TPSA) is 54.8 Å². The fraction of sp³-hybridized carbons (Fsp3) is 0.524. The van der Waals surface area contributed by atoms with Gasteiger partial charge < -0.3 is 19.1 Å². The van der Waals surface area contributed by atoms with E-state index in [4.69, 9.17) is 4.74 Å². The molecule has 6 heteroatoms. The summed E-state index contributed by atoms with van der Waals surface area (Å²) in [7, 11) is 1.66. The van der Waals surface area contributed by atoms with Crippen LogP contribution in [0.2, 0.25) is 0 Å². The van der Waals surface area contributed by atoms with Gasteiger partial charge in [-0.2, -0.15) is 0 Å². The van der Waals surface area contributed by atoms with Crippen LogP contribution in [0.4, 0.5) is 0 Å². The molecular weight excluding hydrogens is 342 g/mol. The molecule has 2 aliphatic heterocycles. The van der Waals surface area contributed by atoms with Crippen molar-refractivity contribution in [2.24, 2.45) is 5.41 Å². The summed E-state index contributed by atoms with van der Waals surface area (Å²) in [6.07, 6.45) is 4.62. The minimum atomic E-state index is -0.388. The van der Waals surface area contributed by atoms with Crippen LogP contribution in [0.25, 0.3) is 10.9 Å². The summed E-state index contributed by atoms with van der Waals surface area (Å²) in [6.45, 7) is 3.54. The average Bonchev–Trinajstić information content (AvgIpc) is 3.29. The maximum absolute atomic E-state index is 13.0. The van der Waals surface area contributed by atoms with E-state index >= 15 is 0 Å². The van der Waals surface area contributed by atoms with Crippen molar-refractivity contribution in [2.45, 2.75) is 25.8 Å². The molecule has 2 saturated heterocycles. The van der Waals surface area contributed by atoms with E-state index in [1.54, 1.807) is 7.11 Å². The van der Waals surface area contributed by atoms with Gasteiger partial charge in [0.05, 0.1) is 12.0 Å². The van der Waals surface area contributed by atoms with Gasteiger partial charge >= 0.3 is 0 Å². The standard InChI is InChI=1S/C21H27N3O3/c1-27-14-13-22-10-4-8-21(20(22)26)9-12-24(16-21)19(25)15-23-11-7-17-5-2-3-6-18(17)23/h2-3,5-7,11H,4,8-10,12-16H2,1H3. The number of nitrogens with zero attached hydrogens (tertiary/aromatic N) is 3. The zero-order valence-corrected chi connectivity index (χ0v) is 15.9. The number of fused-ring (bicyclic) bond motifs is 1. The van der Waals surface area contributed by atoms with Gasteiger partial charge in [-0.05, 0) is 36.8 Å². The van der Waals surface area contributed by atoms with Crippen LogP contribution < -0.4 is 0 Å². The molecule has 2 amide bonds. The number of methoxy groups -OCH3 is 1. The first-order valence-electron chi connectivity index (χ1n) is 9.73. The van der Waals surface area contributed by atoms with Gasteiger partial charge in [-0.15, -0.1) is 0 Å². The van der Waals surface area contributed by atoms with Crippen molar-refractivity contribution in [2.75, 3.05) is 39.9 Å². The lowest BCUT2D eigenvalue weighted by atomic mass is 9.78. The van der Waals surface area contributed by atoms with Gasteiger partial charge in [-0.1, -0.05) is 18.2 Å². The van der Waals surface area contributed by atoms with E-state index < -0.39 is 0 Å². The summed E-state index contributed by atoms with van der Waals surface area (Å²) in [5.41, 5.74) is 0.680. The van der Waals surface area contributed by atoms with Crippen molar-refractivity contribution in [1.29, 1.82) is 0 Å². The van der Waals surface area contributed by atoms with Crippen LogP contribution in [-0.2, 0) is 20.9 Å². The molecule has 1 aromatic carbocycles. The van der Waals surface area contributed by atoms with E-state index in [0.717, 1.165) is 36.7 Å². The Morgan fingerprint density at radius 3 is 2.89 bits per heavy atom. The summed E-state index contributed by atoms with van der Waals surface area (Å²) < 4.78 is 7.13. The summed E-state index contributed by atoms with van der Waals surface area (Å²) in [6, 6.07) is 10.1. The van der Waals surface area contributed by atoms with Gasteiger partial charge in [0.2, 0.25) is 11.8 Å². The van der Waals surface area contributed by atoms with Crippen molar-refractivity contribution in [3.05, 3.63) is 36.5 Å². The molecule has 2 aromatic rings. The molecule has 1 unspecified atom stereocenters. The molecule has 0 saturated carbocycles. The van der Waals surface area contributed by atoms with Crippen LogP contribution in [-0.4, -0.2) is 66.1 Å². The van der Waals surface area contributed by atoms with E-state index in [0.29, 0.717) is 32.8 Å². The number of likely N-dealkylation sites (tertiary alicyclic amines) is 2. The molecule has 1 atom stereocenters. The Labute approximate surface area is 159 Å². The van der Waals surface area contributed by atoms with E-state index in [9.17, 15) is 9.59 Å². The van der Waals surface area contributed by atoms with Crippen LogP contribution in [0.3, 0.4) is 0 Å². The SMILES string of the molecule is COCCN1CCCC2(CCN(C(=O)Cn3ccc4ccccc43)C2)C1=O. The zero-order valence-electron chi connectivity index (χ0n) is 15.9. The second-order valence-electron chi connectivity index (χ2n) is 7.74. The van der Waals surface area contributed by atoms with E-state index in [2.05, 4.69) is 6.07 Å². The molecule has 2 aliphatic rings. The maximum Gasteiger partial charge on any atom is 0.242 e. The van der Waals surface area contributed by atoms with Gasteiger partial charge in [-0.25, -0.2) is 0 Å². The molecule has 4 rings (SSSR count). The highest BCUT2D eigenvalue weighted by Crippen LogP contribution is 2.40. The number of aromatic nitrogens is 1. The third-order valence-electron chi connectivity index (χ3n) is 6.08. The van der Waals surface area contributed by atoms with Gasteiger partial charge in [0.1, 0.15) is 6.54 Å². The lowest BCUT2D eigenvalue weighted by Crippen LogP contribution is -2.51. The molecule has 144 valence electrons. The van der Waals surface area contributed by atoms with E-state index in [1.165, 1.54) is 0 Å². The lowest BCUT2D eigenvalue weighted by molar-refractivity contribution is -0.146. The smallest absolute Gasteiger partial charge is 0.242 e. The van der Waals surface area contributed by atoms with Crippen molar-refractivity contribution >= 4 is 22.7 Å². The highest BCUT2D eigenvalue weighted by atomic mass is 16.5. The predicted octanol–water partition coefficient (Wildman–Crippen LogP) is 2.13. The molecule has 27 heavy (non-hydrogen) atoms. The Kier molecular flexibility index (Phi) is 4.91. The zero-order chi connectivity index (χ0) is 18.9. The van der Waals surface area contributed by atoms with Gasteiger partial charge in [0.15, 0.2) is 0 Å². The van der Waals surface area contributed by atoms with Crippen LogP contribution in [0.1, 0.15) is 19.3 Å². The largest absolute Gasteiger partial charge is 0.383 e. The predicted molar refractivity (Wildman–Crippen MR) is 103 cm³/mol. The second-order valence-corrected chi connectivity index (χ2v) is 7.74. The Balaban J connectivity index is 1.44. The third kappa shape index (κ3) is 3.34. The first-order chi connectivity index (χ1) is 13.1. The van der Waals surface area contributed by atoms with E-state index in [1.807, 2.05) is 44.8 Å². The molecule has 6 nitrogen and oxygen atoms in total. The molecule has 0 aliphatic carbocycles. The monoisotopic (exact) mass is 369 g/mol. The molecule has 0 bridgehead atoms. The number of hydrogen-bond acceptors (Lipinski definition) is 3. The molecule has 1 spiro atoms. The Morgan fingerprint density at radius 2 is 2.04 bits per heavy atom. The van der Waals surface area contributed by atoms with Crippen molar-refractivity contribution in [3.63, 3.8) is 0 Å². The van der Waals surface area contributed by atoms with Gasteiger partial charge in [-0.3, -0.25) is 9.59 Å². The number of rotatable bonds is 5.